The predicted molar refractivity (Wildman–Crippen MR) is 82.8 cm³/mol. The van der Waals surface area contributed by atoms with Crippen LogP contribution in [0.4, 0.5) is 0 Å². The van der Waals surface area contributed by atoms with Crippen LogP contribution in [0.2, 0.25) is 0 Å². The highest BCUT2D eigenvalue weighted by Crippen LogP contribution is 2.22. The van der Waals surface area contributed by atoms with Crippen molar-refractivity contribution in [1.82, 2.24) is 9.88 Å². The van der Waals surface area contributed by atoms with Crippen molar-refractivity contribution in [3.63, 3.8) is 0 Å². The number of hydrogen-bond acceptors (Lipinski definition) is 5. The van der Waals surface area contributed by atoms with Gasteiger partial charge in [-0.05, 0) is 37.8 Å². The topological polar surface area (TPSA) is 81.4 Å². The van der Waals surface area contributed by atoms with Gasteiger partial charge in [0.2, 0.25) is 10.0 Å². The predicted octanol–water partition coefficient (Wildman–Crippen LogP) is 2.06. The van der Waals surface area contributed by atoms with E-state index in [0.29, 0.717) is 30.4 Å². The molecule has 0 radical (unpaired) electrons. The van der Waals surface area contributed by atoms with Crippen LogP contribution in [0.1, 0.15) is 25.5 Å². The van der Waals surface area contributed by atoms with Gasteiger partial charge in [0.1, 0.15) is 11.4 Å². The smallest absolute Gasteiger partial charge is 0.217 e. The second-order valence-corrected chi connectivity index (χ2v) is 7.49. The second kappa shape index (κ2) is 6.36. The van der Waals surface area contributed by atoms with E-state index in [1.807, 2.05) is 25.1 Å². The Morgan fingerprint density at radius 3 is 2.82 bits per heavy atom. The Morgan fingerprint density at radius 1 is 1.32 bits per heavy atom. The minimum atomic E-state index is -3.46. The zero-order valence-electron chi connectivity index (χ0n) is 12.5. The Morgan fingerprint density at radius 2 is 2.05 bits per heavy atom. The molecule has 1 aliphatic heterocycles. The Bertz CT molecular complexity index is 735. The van der Waals surface area contributed by atoms with Gasteiger partial charge in [-0.1, -0.05) is 17.3 Å². The molecular formula is C15H20N2O4S. The van der Waals surface area contributed by atoms with E-state index < -0.39 is 10.0 Å². The summed E-state index contributed by atoms with van der Waals surface area (Å²) in [6, 6.07) is 7.16. The third-order valence-corrected chi connectivity index (χ3v) is 5.50. The first-order valence-electron chi connectivity index (χ1n) is 7.46. The van der Waals surface area contributed by atoms with Crippen molar-refractivity contribution in [2.75, 3.05) is 13.2 Å². The van der Waals surface area contributed by atoms with Crippen molar-refractivity contribution in [2.24, 2.45) is 5.92 Å². The van der Waals surface area contributed by atoms with E-state index in [1.54, 1.807) is 6.07 Å². The molecule has 120 valence electrons. The zero-order valence-corrected chi connectivity index (χ0v) is 13.3. The Kier molecular flexibility index (Phi) is 4.46. The van der Waals surface area contributed by atoms with Crippen molar-refractivity contribution < 1.29 is 17.7 Å². The standard InChI is InChI=1S/C15H20N2O4S/c1-11(12-6-8-20-9-7-12)17-22(18,19)10-14-13-4-2-3-5-15(13)21-16-14/h2-5,11-12,17H,6-10H2,1H3/t11-/m1/s1. The molecule has 6 nitrogen and oxygen atoms in total. The number of ether oxygens (including phenoxy) is 1. The largest absolute Gasteiger partial charge is 0.381 e. The van der Waals surface area contributed by atoms with Gasteiger partial charge >= 0.3 is 0 Å². The minimum Gasteiger partial charge on any atom is -0.381 e. The number of para-hydroxylation sites is 1. The first-order valence-corrected chi connectivity index (χ1v) is 9.11. The van der Waals surface area contributed by atoms with Crippen LogP contribution in [0.5, 0.6) is 0 Å². The molecule has 1 fully saturated rings. The summed E-state index contributed by atoms with van der Waals surface area (Å²) in [6.07, 6.45) is 1.77. The maximum atomic E-state index is 12.4. The van der Waals surface area contributed by atoms with E-state index in [4.69, 9.17) is 9.26 Å². The van der Waals surface area contributed by atoms with Gasteiger partial charge in [-0.3, -0.25) is 0 Å². The maximum Gasteiger partial charge on any atom is 0.217 e. The average Bonchev–Trinajstić information content (AvgIpc) is 2.90. The molecule has 1 aromatic heterocycles. The van der Waals surface area contributed by atoms with Gasteiger partial charge < -0.3 is 9.26 Å². The van der Waals surface area contributed by atoms with E-state index in [2.05, 4.69) is 9.88 Å². The first kappa shape index (κ1) is 15.5. The number of rotatable bonds is 5. The van der Waals surface area contributed by atoms with Crippen LogP contribution in [-0.2, 0) is 20.5 Å². The number of aromatic nitrogens is 1. The highest BCUT2D eigenvalue weighted by atomic mass is 32.2. The summed E-state index contributed by atoms with van der Waals surface area (Å²) in [4.78, 5) is 0. The van der Waals surface area contributed by atoms with E-state index in [1.165, 1.54) is 0 Å². The van der Waals surface area contributed by atoms with Gasteiger partial charge in [0, 0.05) is 24.6 Å². The van der Waals surface area contributed by atoms with Gasteiger partial charge in [0.05, 0.1) is 0 Å². The molecule has 0 amide bonds. The summed E-state index contributed by atoms with van der Waals surface area (Å²) in [5.41, 5.74) is 1.05. The number of nitrogens with one attached hydrogen (secondary N) is 1. The minimum absolute atomic E-state index is 0.105. The second-order valence-electron chi connectivity index (χ2n) is 5.74. The van der Waals surface area contributed by atoms with Crippen LogP contribution in [0.3, 0.4) is 0 Å². The fourth-order valence-corrected chi connectivity index (χ4v) is 4.27. The van der Waals surface area contributed by atoms with Gasteiger partial charge in [-0.15, -0.1) is 0 Å². The van der Waals surface area contributed by atoms with Crippen LogP contribution in [-0.4, -0.2) is 32.8 Å². The SMILES string of the molecule is C[C@@H](NS(=O)(=O)Cc1noc2ccccc12)C1CCOCC1. The molecule has 1 atom stereocenters. The van der Waals surface area contributed by atoms with Gasteiger partial charge in [-0.25, -0.2) is 13.1 Å². The van der Waals surface area contributed by atoms with E-state index in [-0.39, 0.29) is 11.8 Å². The molecule has 0 spiro atoms. The van der Waals surface area contributed by atoms with Gasteiger partial charge in [-0.2, -0.15) is 0 Å². The lowest BCUT2D eigenvalue weighted by molar-refractivity contribution is 0.0585. The van der Waals surface area contributed by atoms with E-state index in [9.17, 15) is 8.42 Å². The van der Waals surface area contributed by atoms with Crippen molar-refractivity contribution >= 4 is 21.0 Å². The molecule has 0 aliphatic carbocycles. The summed E-state index contributed by atoms with van der Waals surface area (Å²) in [6.45, 7) is 3.31. The molecule has 0 bridgehead atoms. The molecule has 3 rings (SSSR count). The molecule has 1 aromatic carbocycles. The summed E-state index contributed by atoms with van der Waals surface area (Å²) in [7, 11) is -3.46. The van der Waals surface area contributed by atoms with E-state index in [0.717, 1.165) is 18.2 Å². The molecule has 2 aromatic rings. The van der Waals surface area contributed by atoms with Crippen LogP contribution in [0, 0.1) is 5.92 Å². The third-order valence-electron chi connectivity index (χ3n) is 4.12. The quantitative estimate of drug-likeness (QED) is 0.910. The molecular weight excluding hydrogens is 304 g/mol. The fourth-order valence-electron chi connectivity index (χ4n) is 2.86. The third kappa shape index (κ3) is 3.48. The molecule has 22 heavy (non-hydrogen) atoms. The molecule has 0 unspecified atom stereocenters. The number of fused-ring (bicyclic) bond motifs is 1. The van der Waals surface area contributed by atoms with Gasteiger partial charge in [0.15, 0.2) is 5.58 Å². The lowest BCUT2D eigenvalue weighted by Crippen LogP contribution is -2.40. The molecule has 2 heterocycles. The number of hydrogen-bond donors (Lipinski definition) is 1. The molecule has 0 saturated carbocycles. The fraction of sp³-hybridized carbons (Fsp3) is 0.533. The molecule has 1 aliphatic rings. The van der Waals surface area contributed by atoms with Crippen LogP contribution >= 0.6 is 0 Å². The van der Waals surface area contributed by atoms with Crippen molar-refractivity contribution in [3.8, 4) is 0 Å². The van der Waals surface area contributed by atoms with Crippen molar-refractivity contribution in [3.05, 3.63) is 30.0 Å². The summed E-state index contributed by atoms with van der Waals surface area (Å²) in [5.74, 6) is 0.148. The normalized spacial score (nSPS) is 18.6. The number of nitrogens with zero attached hydrogens (tertiary/aromatic N) is 1. The zero-order chi connectivity index (χ0) is 15.6. The highest BCUT2D eigenvalue weighted by molar-refractivity contribution is 7.88. The molecule has 1 saturated heterocycles. The molecule has 1 N–H and O–H groups in total. The first-order chi connectivity index (χ1) is 10.6. The maximum absolute atomic E-state index is 12.4. The van der Waals surface area contributed by atoms with Crippen molar-refractivity contribution in [1.29, 1.82) is 0 Å². The summed E-state index contributed by atoms with van der Waals surface area (Å²) in [5, 5.41) is 4.63. The Balaban J connectivity index is 1.70. The summed E-state index contributed by atoms with van der Waals surface area (Å²) < 4.78 is 38.0. The average molecular weight is 324 g/mol. The van der Waals surface area contributed by atoms with Crippen LogP contribution < -0.4 is 4.72 Å². The van der Waals surface area contributed by atoms with E-state index >= 15 is 0 Å². The van der Waals surface area contributed by atoms with Crippen molar-refractivity contribution in [2.45, 2.75) is 31.6 Å². The summed E-state index contributed by atoms with van der Waals surface area (Å²) >= 11 is 0. The van der Waals surface area contributed by atoms with Gasteiger partial charge in [0.25, 0.3) is 0 Å². The highest BCUT2D eigenvalue weighted by Gasteiger charge is 2.25. The molecule has 7 heteroatoms. The number of sulfonamides is 1. The Hall–Kier alpha value is -1.44. The number of benzene rings is 1. The Labute approximate surface area is 129 Å². The lowest BCUT2D eigenvalue weighted by Gasteiger charge is -2.28. The van der Waals surface area contributed by atoms with Crippen LogP contribution in [0.15, 0.2) is 28.8 Å². The van der Waals surface area contributed by atoms with Crippen LogP contribution in [0.25, 0.3) is 11.0 Å². The lowest BCUT2D eigenvalue weighted by atomic mass is 9.94. The monoisotopic (exact) mass is 324 g/mol.